The number of rotatable bonds is 4. The number of nitrogens with two attached hydrogens (primary N) is 1. The van der Waals surface area contributed by atoms with Crippen molar-refractivity contribution < 1.29 is 0 Å². The Hall–Kier alpha value is -0.120. The van der Waals surface area contributed by atoms with Gasteiger partial charge in [0.2, 0.25) is 0 Å². The van der Waals surface area contributed by atoms with E-state index in [0.29, 0.717) is 0 Å². The molecule has 0 fully saturated rings. The maximum atomic E-state index is 5.37. The average molecular weight is 246 g/mol. The molecular formula is C9H12BrNS. The zero-order valence-electron chi connectivity index (χ0n) is 6.79. The van der Waals surface area contributed by atoms with Gasteiger partial charge in [-0.3, -0.25) is 0 Å². The van der Waals surface area contributed by atoms with Crippen LogP contribution in [0.2, 0.25) is 0 Å². The second kappa shape index (κ2) is 5.51. The third-order valence-corrected chi connectivity index (χ3v) is 3.04. The Bertz CT molecular complexity index is 255. The summed E-state index contributed by atoms with van der Waals surface area (Å²) < 4.78 is 1.18. The predicted molar refractivity (Wildman–Crippen MR) is 59.3 cm³/mol. The fourth-order valence-corrected chi connectivity index (χ4v) is 2.21. The van der Waals surface area contributed by atoms with Crippen molar-refractivity contribution in [1.82, 2.24) is 0 Å². The van der Waals surface area contributed by atoms with Gasteiger partial charge in [-0.05, 0) is 53.5 Å². The fraction of sp³-hybridized carbons (Fsp3) is 0.333. The Balaban J connectivity index is 2.36. The molecule has 0 aliphatic carbocycles. The number of allylic oxidation sites excluding steroid dienone is 1. The van der Waals surface area contributed by atoms with Crippen molar-refractivity contribution in [2.75, 3.05) is 6.54 Å². The number of hydrogen-bond acceptors (Lipinski definition) is 2. The van der Waals surface area contributed by atoms with E-state index in [4.69, 9.17) is 5.73 Å². The zero-order chi connectivity index (χ0) is 8.81. The topological polar surface area (TPSA) is 26.0 Å². The van der Waals surface area contributed by atoms with Crippen LogP contribution >= 0.6 is 27.3 Å². The molecule has 1 nitrogen and oxygen atoms in total. The van der Waals surface area contributed by atoms with E-state index in [-0.39, 0.29) is 0 Å². The molecule has 1 rings (SSSR count). The van der Waals surface area contributed by atoms with E-state index >= 15 is 0 Å². The molecule has 0 saturated heterocycles. The van der Waals surface area contributed by atoms with Gasteiger partial charge >= 0.3 is 0 Å². The summed E-state index contributed by atoms with van der Waals surface area (Å²) in [5.41, 5.74) is 5.37. The first-order valence-corrected chi connectivity index (χ1v) is 5.56. The lowest BCUT2D eigenvalue weighted by Crippen LogP contribution is -1.96. The van der Waals surface area contributed by atoms with E-state index in [9.17, 15) is 0 Å². The fourth-order valence-electron chi connectivity index (χ4n) is 0.853. The van der Waals surface area contributed by atoms with Gasteiger partial charge in [-0.1, -0.05) is 6.08 Å². The maximum absolute atomic E-state index is 5.37. The van der Waals surface area contributed by atoms with Gasteiger partial charge in [0, 0.05) is 4.88 Å². The highest BCUT2D eigenvalue weighted by Gasteiger charge is 1.90. The highest BCUT2D eigenvalue weighted by molar-refractivity contribution is 9.11. The summed E-state index contributed by atoms with van der Waals surface area (Å²) in [6.45, 7) is 0.776. The first kappa shape index (κ1) is 9.96. The van der Waals surface area contributed by atoms with Crippen molar-refractivity contribution in [2.24, 2.45) is 5.73 Å². The normalized spacial score (nSPS) is 11.2. The Kier molecular flexibility index (Phi) is 4.58. The van der Waals surface area contributed by atoms with Crippen molar-refractivity contribution in [3.63, 3.8) is 0 Å². The smallest absolute Gasteiger partial charge is 0.0704 e. The molecule has 0 aliphatic rings. The summed E-state index contributed by atoms with van der Waals surface area (Å²) in [4.78, 5) is 1.29. The lowest BCUT2D eigenvalue weighted by atomic mass is 10.3. The molecule has 1 heterocycles. The molecule has 0 unspecified atom stereocenters. The van der Waals surface area contributed by atoms with Gasteiger partial charge < -0.3 is 5.73 Å². The number of unbranched alkanes of at least 4 members (excludes halogenated alkanes) is 1. The van der Waals surface area contributed by atoms with Gasteiger partial charge in [-0.2, -0.15) is 0 Å². The lowest BCUT2D eigenvalue weighted by Gasteiger charge is -1.87. The minimum atomic E-state index is 0.776. The van der Waals surface area contributed by atoms with E-state index in [2.05, 4.69) is 40.2 Å². The van der Waals surface area contributed by atoms with E-state index < -0.39 is 0 Å². The van der Waals surface area contributed by atoms with Crippen LogP contribution in [0.4, 0.5) is 0 Å². The number of thiophene rings is 1. The van der Waals surface area contributed by atoms with Crippen LogP contribution in [0.1, 0.15) is 17.7 Å². The van der Waals surface area contributed by atoms with Crippen LogP contribution in [0.25, 0.3) is 6.08 Å². The van der Waals surface area contributed by atoms with E-state index in [1.807, 2.05) is 0 Å². The minimum Gasteiger partial charge on any atom is -0.330 e. The SMILES string of the molecule is NCCC/C=C/c1ccc(Br)s1. The van der Waals surface area contributed by atoms with E-state index in [1.54, 1.807) is 11.3 Å². The predicted octanol–water partition coefficient (Wildman–Crippen LogP) is 3.26. The van der Waals surface area contributed by atoms with Crippen LogP contribution in [0.15, 0.2) is 22.0 Å². The summed E-state index contributed by atoms with van der Waals surface area (Å²) in [5, 5.41) is 0. The van der Waals surface area contributed by atoms with Crippen molar-refractivity contribution in [2.45, 2.75) is 12.8 Å². The summed E-state index contributed by atoms with van der Waals surface area (Å²) in [5.74, 6) is 0. The van der Waals surface area contributed by atoms with E-state index in [1.165, 1.54) is 8.66 Å². The van der Waals surface area contributed by atoms with Crippen LogP contribution in [-0.2, 0) is 0 Å². The monoisotopic (exact) mass is 245 g/mol. The van der Waals surface area contributed by atoms with Crippen molar-refractivity contribution in [3.8, 4) is 0 Å². The third-order valence-electron chi connectivity index (χ3n) is 1.45. The Morgan fingerprint density at radius 1 is 1.50 bits per heavy atom. The number of halogens is 1. The maximum Gasteiger partial charge on any atom is 0.0704 e. The number of hydrogen-bond donors (Lipinski definition) is 1. The van der Waals surface area contributed by atoms with Gasteiger partial charge in [0.05, 0.1) is 3.79 Å². The standard InChI is InChI=1S/C9H12BrNS/c10-9-6-5-8(12-9)4-2-1-3-7-11/h2,4-6H,1,3,7,11H2/b4-2+. The second-order valence-electron chi connectivity index (χ2n) is 2.48. The van der Waals surface area contributed by atoms with Gasteiger partial charge in [0.15, 0.2) is 0 Å². The third kappa shape index (κ3) is 3.52. The first-order valence-electron chi connectivity index (χ1n) is 3.95. The molecule has 66 valence electrons. The minimum absolute atomic E-state index is 0.776. The molecule has 1 aromatic rings. The molecule has 0 aromatic carbocycles. The van der Waals surface area contributed by atoms with E-state index in [0.717, 1.165) is 19.4 Å². The molecule has 1 aromatic heterocycles. The van der Waals surface area contributed by atoms with Crippen LogP contribution < -0.4 is 5.73 Å². The molecule has 12 heavy (non-hydrogen) atoms. The first-order chi connectivity index (χ1) is 5.83. The lowest BCUT2D eigenvalue weighted by molar-refractivity contribution is 0.857. The summed E-state index contributed by atoms with van der Waals surface area (Å²) >= 11 is 5.16. The summed E-state index contributed by atoms with van der Waals surface area (Å²) in [6, 6.07) is 4.17. The highest BCUT2D eigenvalue weighted by atomic mass is 79.9. The van der Waals surface area contributed by atoms with Crippen LogP contribution in [-0.4, -0.2) is 6.54 Å². The zero-order valence-corrected chi connectivity index (χ0v) is 9.20. The molecule has 0 saturated carbocycles. The van der Waals surface area contributed by atoms with Crippen LogP contribution in [0.3, 0.4) is 0 Å². The van der Waals surface area contributed by atoms with Gasteiger partial charge in [0.25, 0.3) is 0 Å². The van der Waals surface area contributed by atoms with Gasteiger partial charge in [-0.15, -0.1) is 11.3 Å². The molecule has 0 radical (unpaired) electrons. The second-order valence-corrected chi connectivity index (χ2v) is 4.97. The van der Waals surface area contributed by atoms with Crippen LogP contribution in [0, 0.1) is 0 Å². The van der Waals surface area contributed by atoms with Crippen molar-refractivity contribution >= 4 is 33.3 Å². The Morgan fingerprint density at radius 2 is 2.33 bits per heavy atom. The summed E-state index contributed by atoms with van der Waals surface area (Å²) in [6.07, 6.45) is 6.46. The van der Waals surface area contributed by atoms with Crippen molar-refractivity contribution in [1.29, 1.82) is 0 Å². The largest absolute Gasteiger partial charge is 0.330 e. The molecule has 0 amide bonds. The summed E-state index contributed by atoms with van der Waals surface area (Å²) in [7, 11) is 0. The molecule has 3 heteroatoms. The van der Waals surface area contributed by atoms with Gasteiger partial charge in [0.1, 0.15) is 0 Å². The molecule has 0 bridgehead atoms. The Labute approximate surface area is 85.4 Å². The average Bonchev–Trinajstić information content (AvgIpc) is 2.45. The van der Waals surface area contributed by atoms with Crippen LogP contribution in [0.5, 0.6) is 0 Å². The van der Waals surface area contributed by atoms with Gasteiger partial charge in [-0.25, -0.2) is 0 Å². The molecular weight excluding hydrogens is 234 g/mol. The molecule has 0 atom stereocenters. The quantitative estimate of drug-likeness (QED) is 0.811. The molecule has 0 aliphatic heterocycles. The highest BCUT2D eigenvalue weighted by Crippen LogP contribution is 2.23. The van der Waals surface area contributed by atoms with Crippen molar-refractivity contribution in [3.05, 3.63) is 26.9 Å². The Morgan fingerprint density at radius 3 is 2.92 bits per heavy atom. The molecule has 0 spiro atoms. The molecule has 2 N–H and O–H groups in total.